The molecule has 0 aliphatic carbocycles. The molecule has 0 atom stereocenters. The third kappa shape index (κ3) is 10.6. The maximum absolute atomic E-state index is 2.45. The summed E-state index contributed by atoms with van der Waals surface area (Å²) < 4.78 is 0. The summed E-state index contributed by atoms with van der Waals surface area (Å²) in [7, 11) is 0. The van der Waals surface area contributed by atoms with E-state index in [-0.39, 0.29) is 0 Å². The zero-order chi connectivity index (χ0) is 31.8. The minimum atomic E-state index is 1.20. The van der Waals surface area contributed by atoms with Crippen molar-refractivity contribution in [1.29, 1.82) is 0 Å². The molecule has 0 bridgehead atoms. The van der Waals surface area contributed by atoms with Crippen molar-refractivity contribution in [1.82, 2.24) is 0 Å². The first-order chi connectivity index (χ1) is 22.7. The molecule has 5 aromatic rings. The molecule has 0 radical (unpaired) electrons. The van der Waals surface area contributed by atoms with Crippen LogP contribution in [0, 0.1) is 0 Å². The summed E-state index contributed by atoms with van der Waals surface area (Å²) in [6.45, 7) is 4.60. The van der Waals surface area contributed by atoms with Crippen molar-refractivity contribution in [3.63, 3.8) is 0 Å². The Kier molecular flexibility index (Phi) is 14.3. The Hall–Kier alpha value is -2.86. The number of benzene rings is 5. The van der Waals surface area contributed by atoms with Gasteiger partial charge in [0.25, 0.3) is 0 Å². The van der Waals surface area contributed by atoms with Gasteiger partial charge in [-0.15, -0.1) is 0 Å². The van der Waals surface area contributed by atoms with Crippen molar-refractivity contribution in [3.8, 4) is 0 Å². The van der Waals surface area contributed by atoms with Crippen molar-refractivity contribution in [3.05, 3.63) is 83.9 Å². The van der Waals surface area contributed by atoms with Gasteiger partial charge in [-0.1, -0.05) is 166 Å². The number of aryl methyl sites for hydroxylation is 2. The first-order valence-corrected chi connectivity index (χ1v) is 19.6. The Bertz CT molecular complexity index is 1500. The van der Waals surface area contributed by atoms with E-state index in [1.807, 2.05) is 0 Å². The standard InChI is InChI=1S/C46H62/c1-3-5-7-9-11-13-15-17-19-21-23-37-25-27-39-31-43-35-44-32-40-28-26-38(24-22-20-18-16-14-12-10-8-6-4-2)30-42(40)34-46(44)36-45(43)33-41(39)29-37/h25-36H,3-24H2,1-2H3. The lowest BCUT2D eigenvalue weighted by Gasteiger charge is -2.10. The highest BCUT2D eigenvalue weighted by atomic mass is 14.1. The van der Waals surface area contributed by atoms with Gasteiger partial charge in [0.2, 0.25) is 0 Å². The highest BCUT2D eigenvalue weighted by Gasteiger charge is 2.06. The van der Waals surface area contributed by atoms with Gasteiger partial charge in [-0.2, -0.15) is 0 Å². The fourth-order valence-electron chi connectivity index (χ4n) is 7.54. The zero-order valence-corrected chi connectivity index (χ0v) is 29.5. The SMILES string of the molecule is CCCCCCCCCCCCc1ccc2cc3cc4cc5ccc(CCCCCCCCCCCC)cc5cc4cc3cc2c1. The van der Waals surface area contributed by atoms with E-state index in [0.717, 1.165) is 0 Å². The Morgan fingerprint density at radius 1 is 0.261 bits per heavy atom. The molecule has 246 valence electrons. The molecule has 0 heterocycles. The van der Waals surface area contributed by atoms with Gasteiger partial charge in [-0.25, -0.2) is 0 Å². The number of fused-ring (bicyclic) bond motifs is 4. The third-order valence-electron chi connectivity index (χ3n) is 10.5. The van der Waals surface area contributed by atoms with Crippen LogP contribution in [0.1, 0.15) is 153 Å². The second-order valence-corrected chi connectivity index (χ2v) is 14.5. The molecule has 46 heavy (non-hydrogen) atoms. The summed E-state index contributed by atoms with van der Waals surface area (Å²) >= 11 is 0. The van der Waals surface area contributed by atoms with Crippen LogP contribution in [-0.2, 0) is 12.8 Å². The van der Waals surface area contributed by atoms with Crippen LogP contribution < -0.4 is 0 Å². The first kappa shape index (κ1) is 34.5. The number of hydrogen-bond acceptors (Lipinski definition) is 0. The van der Waals surface area contributed by atoms with Crippen LogP contribution in [0.3, 0.4) is 0 Å². The average molecular weight is 615 g/mol. The Morgan fingerprint density at radius 3 is 0.848 bits per heavy atom. The van der Waals surface area contributed by atoms with Crippen LogP contribution in [-0.4, -0.2) is 0 Å². The fraction of sp³-hybridized carbons (Fsp3) is 0.522. The molecule has 0 aliphatic heterocycles. The molecule has 0 saturated heterocycles. The Balaban J connectivity index is 1.14. The van der Waals surface area contributed by atoms with Crippen LogP contribution in [0.2, 0.25) is 0 Å². The summed E-state index contributed by atoms with van der Waals surface area (Å²) in [4.78, 5) is 0. The minimum Gasteiger partial charge on any atom is -0.0654 e. The molecule has 0 unspecified atom stereocenters. The zero-order valence-electron chi connectivity index (χ0n) is 29.5. The average Bonchev–Trinajstić information content (AvgIpc) is 3.07. The molecule has 0 aliphatic rings. The van der Waals surface area contributed by atoms with Crippen molar-refractivity contribution in [2.45, 2.75) is 155 Å². The predicted molar refractivity (Wildman–Crippen MR) is 208 cm³/mol. The third-order valence-corrected chi connectivity index (χ3v) is 10.5. The monoisotopic (exact) mass is 614 g/mol. The van der Waals surface area contributed by atoms with E-state index < -0.39 is 0 Å². The lowest BCUT2D eigenvalue weighted by Crippen LogP contribution is -1.88. The van der Waals surface area contributed by atoms with E-state index in [1.54, 1.807) is 0 Å². The number of unbranched alkanes of at least 4 members (excludes halogenated alkanes) is 18. The Morgan fingerprint density at radius 2 is 0.522 bits per heavy atom. The van der Waals surface area contributed by atoms with Gasteiger partial charge in [0.05, 0.1) is 0 Å². The smallest absolute Gasteiger partial charge is 0.0171 e. The molecule has 5 rings (SSSR count). The van der Waals surface area contributed by atoms with Gasteiger partial charge >= 0.3 is 0 Å². The maximum Gasteiger partial charge on any atom is -0.0171 e. The molecule has 5 aromatic carbocycles. The van der Waals surface area contributed by atoms with E-state index in [1.165, 1.54) is 195 Å². The highest BCUT2D eigenvalue weighted by Crippen LogP contribution is 2.31. The van der Waals surface area contributed by atoms with E-state index in [9.17, 15) is 0 Å². The van der Waals surface area contributed by atoms with Gasteiger partial charge in [-0.3, -0.25) is 0 Å². The molecule has 0 fully saturated rings. The molecule has 0 nitrogen and oxygen atoms in total. The first-order valence-electron chi connectivity index (χ1n) is 19.6. The fourth-order valence-corrected chi connectivity index (χ4v) is 7.54. The summed E-state index contributed by atoms with van der Waals surface area (Å²) in [6, 6.07) is 28.8. The van der Waals surface area contributed by atoms with Crippen LogP contribution in [0.4, 0.5) is 0 Å². The van der Waals surface area contributed by atoms with Crippen molar-refractivity contribution in [2.24, 2.45) is 0 Å². The topological polar surface area (TPSA) is 0 Å². The number of hydrogen-bond donors (Lipinski definition) is 0. The summed E-state index contributed by atoms with van der Waals surface area (Å²) in [5, 5.41) is 10.9. The molecule has 0 saturated carbocycles. The van der Waals surface area contributed by atoms with Gasteiger partial charge in [0, 0.05) is 0 Å². The summed E-state index contributed by atoms with van der Waals surface area (Å²) in [6.07, 6.45) is 30.4. The summed E-state index contributed by atoms with van der Waals surface area (Å²) in [5.41, 5.74) is 2.99. The lowest BCUT2D eigenvalue weighted by molar-refractivity contribution is 0.556. The Labute approximate surface area is 281 Å². The van der Waals surface area contributed by atoms with Crippen molar-refractivity contribution in [2.75, 3.05) is 0 Å². The summed E-state index contributed by atoms with van der Waals surface area (Å²) in [5.74, 6) is 0. The van der Waals surface area contributed by atoms with Crippen molar-refractivity contribution < 1.29 is 0 Å². The molecular weight excluding hydrogens is 553 g/mol. The quantitative estimate of drug-likeness (QED) is 0.0537. The van der Waals surface area contributed by atoms with E-state index >= 15 is 0 Å². The number of rotatable bonds is 22. The molecule has 0 spiro atoms. The maximum atomic E-state index is 2.45. The van der Waals surface area contributed by atoms with Gasteiger partial charge in [-0.05, 0) is 116 Å². The van der Waals surface area contributed by atoms with E-state index in [0.29, 0.717) is 0 Å². The largest absolute Gasteiger partial charge is 0.0654 e. The molecule has 0 N–H and O–H groups in total. The van der Waals surface area contributed by atoms with Crippen LogP contribution in [0.15, 0.2) is 72.8 Å². The second kappa shape index (κ2) is 19.1. The molecule has 0 heteroatoms. The van der Waals surface area contributed by atoms with Crippen LogP contribution in [0.5, 0.6) is 0 Å². The molecule has 0 amide bonds. The van der Waals surface area contributed by atoms with E-state index in [2.05, 4.69) is 86.6 Å². The van der Waals surface area contributed by atoms with Crippen LogP contribution >= 0.6 is 0 Å². The van der Waals surface area contributed by atoms with Gasteiger partial charge in [0.1, 0.15) is 0 Å². The van der Waals surface area contributed by atoms with Crippen molar-refractivity contribution >= 4 is 43.1 Å². The highest BCUT2D eigenvalue weighted by molar-refractivity contribution is 6.08. The normalized spacial score (nSPS) is 11.9. The van der Waals surface area contributed by atoms with Gasteiger partial charge in [0.15, 0.2) is 0 Å². The predicted octanol–water partition coefficient (Wildman–Crippen LogP) is 15.2. The molecular formula is C46H62. The van der Waals surface area contributed by atoms with Crippen LogP contribution in [0.25, 0.3) is 43.1 Å². The lowest BCUT2D eigenvalue weighted by atomic mass is 9.95. The molecule has 0 aromatic heterocycles. The van der Waals surface area contributed by atoms with E-state index in [4.69, 9.17) is 0 Å². The second-order valence-electron chi connectivity index (χ2n) is 14.5. The minimum absolute atomic E-state index is 1.20. The van der Waals surface area contributed by atoms with Gasteiger partial charge < -0.3 is 0 Å².